The normalized spacial score (nSPS) is 9.80. The standard InChI is InChI=1S/C10H15N3O2/c1-4-8-7(9(14)15-5-2)6-12-10(11-3)13-8/h6H,4-5H2,1-3H3,(H,11,12,13). The van der Waals surface area contributed by atoms with Gasteiger partial charge in [-0.2, -0.15) is 0 Å². The third kappa shape index (κ3) is 2.65. The van der Waals surface area contributed by atoms with Gasteiger partial charge in [0, 0.05) is 13.2 Å². The van der Waals surface area contributed by atoms with E-state index in [1.165, 1.54) is 6.20 Å². The molecule has 0 radical (unpaired) electrons. The van der Waals surface area contributed by atoms with Crippen LogP contribution in [0, 0.1) is 0 Å². The maximum Gasteiger partial charge on any atom is 0.341 e. The molecule has 1 heterocycles. The van der Waals surface area contributed by atoms with Gasteiger partial charge in [-0.3, -0.25) is 0 Å². The van der Waals surface area contributed by atoms with Gasteiger partial charge in [-0.15, -0.1) is 0 Å². The van der Waals surface area contributed by atoms with Crippen LogP contribution in [0.2, 0.25) is 0 Å². The number of carbonyl (C=O) groups excluding carboxylic acids is 1. The lowest BCUT2D eigenvalue weighted by molar-refractivity contribution is 0.0524. The van der Waals surface area contributed by atoms with Gasteiger partial charge < -0.3 is 10.1 Å². The van der Waals surface area contributed by atoms with E-state index in [-0.39, 0.29) is 5.97 Å². The summed E-state index contributed by atoms with van der Waals surface area (Å²) in [5.41, 5.74) is 1.14. The zero-order valence-corrected chi connectivity index (χ0v) is 9.20. The van der Waals surface area contributed by atoms with Crippen molar-refractivity contribution in [3.05, 3.63) is 17.5 Å². The molecule has 1 aromatic rings. The molecule has 0 aliphatic heterocycles. The largest absolute Gasteiger partial charge is 0.462 e. The van der Waals surface area contributed by atoms with E-state index in [0.717, 1.165) is 0 Å². The third-order valence-electron chi connectivity index (χ3n) is 1.92. The van der Waals surface area contributed by atoms with Gasteiger partial charge in [-0.1, -0.05) is 6.92 Å². The van der Waals surface area contributed by atoms with Crippen LogP contribution in [0.3, 0.4) is 0 Å². The maximum absolute atomic E-state index is 11.5. The molecule has 0 aliphatic carbocycles. The highest BCUT2D eigenvalue weighted by Gasteiger charge is 2.13. The fraction of sp³-hybridized carbons (Fsp3) is 0.500. The third-order valence-corrected chi connectivity index (χ3v) is 1.92. The number of nitrogens with zero attached hydrogens (tertiary/aromatic N) is 2. The van der Waals surface area contributed by atoms with E-state index in [2.05, 4.69) is 15.3 Å². The predicted molar refractivity (Wildman–Crippen MR) is 56.9 cm³/mol. The second kappa shape index (κ2) is 5.29. The Bertz CT molecular complexity index is 353. The molecule has 0 fully saturated rings. The molecular formula is C10H15N3O2. The molecule has 0 aromatic carbocycles. The first-order valence-electron chi connectivity index (χ1n) is 4.93. The van der Waals surface area contributed by atoms with Crippen LogP contribution >= 0.6 is 0 Å². The Morgan fingerprint density at radius 1 is 1.53 bits per heavy atom. The Balaban J connectivity index is 3.02. The summed E-state index contributed by atoms with van der Waals surface area (Å²) in [5, 5.41) is 2.83. The zero-order chi connectivity index (χ0) is 11.3. The van der Waals surface area contributed by atoms with Gasteiger partial charge in [0.25, 0.3) is 0 Å². The van der Waals surface area contributed by atoms with Crippen LogP contribution in [0.1, 0.15) is 29.9 Å². The Morgan fingerprint density at radius 2 is 2.27 bits per heavy atom. The molecule has 0 saturated heterocycles. The Kier molecular flexibility index (Phi) is 4.03. The van der Waals surface area contributed by atoms with Crippen molar-refractivity contribution in [1.82, 2.24) is 9.97 Å². The first-order valence-corrected chi connectivity index (χ1v) is 4.93. The molecule has 1 rings (SSSR count). The molecule has 0 bridgehead atoms. The van der Waals surface area contributed by atoms with E-state index in [1.54, 1.807) is 14.0 Å². The van der Waals surface area contributed by atoms with Gasteiger partial charge in [0.1, 0.15) is 0 Å². The lowest BCUT2D eigenvalue weighted by Crippen LogP contribution is -2.11. The molecule has 0 saturated carbocycles. The van der Waals surface area contributed by atoms with E-state index in [9.17, 15) is 4.79 Å². The molecule has 15 heavy (non-hydrogen) atoms. The Morgan fingerprint density at radius 3 is 2.80 bits per heavy atom. The highest BCUT2D eigenvalue weighted by atomic mass is 16.5. The first kappa shape index (κ1) is 11.4. The summed E-state index contributed by atoms with van der Waals surface area (Å²) in [5.74, 6) is 0.150. The van der Waals surface area contributed by atoms with Crippen molar-refractivity contribution in [1.29, 1.82) is 0 Å². The number of esters is 1. The fourth-order valence-corrected chi connectivity index (χ4v) is 1.19. The molecule has 5 nitrogen and oxygen atoms in total. The minimum atomic E-state index is -0.364. The average Bonchev–Trinajstić information content (AvgIpc) is 2.28. The summed E-state index contributed by atoms with van der Waals surface area (Å²) < 4.78 is 4.90. The van der Waals surface area contributed by atoms with Gasteiger partial charge in [0.15, 0.2) is 0 Å². The van der Waals surface area contributed by atoms with Crippen LogP contribution in [-0.2, 0) is 11.2 Å². The van der Waals surface area contributed by atoms with E-state index >= 15 is 0 Å². The van der Waals surface area contributed by atoms with Gasteiger partial charge in [-0.05, 0) is 13.3 Å². The number of ether oxygens (including phenoxy) is 1. The molecule has 0 atom stereocenters. The number of hydrogen-bond donors (Lipinski definition) is 1. The van der Waals surface area contributed by atoms with Crippen molar-refractivity contribution in [3.8, 4) is 0 Å². The summed E-state index contributed by atoms with van der Waals surface area (Å²) in [6.45, 7) is 4.06. The predicted octanol–water partition coefficient (Wildman–Crippen LogP) is 1.26. The Hall–Kier alpha value is -1.65. The van der Waals surface area contributed by atoms with Crippen LogP contribution in [0.5, 0.6) is 0 Å². The number of nitrogens with one attached hydrogen (secondary N) is 1. The van der Waals surface area contributed by atoms with Crippen molar-refractivity contribution in [2.75, 3.05) is 19.0 Å². The summed E-state index contributed by atoms with van der Waals surface area (Å²) in [4.78, 5) is 19.7. The van der Waals surface area contributed by atoms with Gasteiger partial charge >= 0.3 is 5.97 Å². The van der Waals surface area contributed by atoms with E-state index in [0.29, 0.717) is 30.2 Å². The molecule has 0 aliphatic rings. The highest BCUT2D eigenvalue weighted by molar-refractivity contribution is 5.90. The lowest BCUT2D eigenvalue weighted by atomic mass is 10.2. The molecule has 1 N–H and O–H groups in total. The van der Waals surface area contributed by atoms with Gasteiger partial charge in [0.05, 0.1) is 17.9 Å². The number of aryl methyl sites for hydroxylation is 1. The molecule has 1 aromatic heterocycles. The topological polar surface area (TPSA) is 64.1 Å². The van der Waals surface area contributed by atoms with Crippen molar-refractivity contribution >= 4 is 11.9 Å². The second-order valence-electron chi connectivity index (χ2n) is 2.88. The molecule has 0 unspecified atom stereocenters. The summed E-state index contributed by atoms with van der Waals surface area (Å²) in [6.07, 6.45) is 2.17. The summed E-state index contributed by atoms with van der Waals surface area (Å²) >= 11 is 0. The van der Waals surface area contributed by atoms with Crippen molar-refractivity contribution < 1.29 is 9.53 Å². The highest BCUT2D eigenvalue weighted by Crippen LogP contribution is 2.10. The van der Waals surface area contributed by atoms with Crippen LogP contribution in [0.15, 0.2) is 6.20 Å². The van der Waals surface area contributed by atoms with Crippen LogP contribution in [0.25, 0.3) is 0 Å². The minimum absolute atomic E-state index is 0.357. The number of rotatable bonds is 4. The molecule has 0 amide bonds. The van der Waals surface area contributed by atoms with Crippen LogP contribution in [-0.4, -0.2) is 29.6 Å². The van der Waals surface area contributed by atoms with E-state index in [1.807, 2.05) is 6.92 Å². The van der Waals surface area contributed by atoms with Crippen LogP contribution < -0.4 is 5.32 Å². The molecule has 82 valence electrons. The molecule has 0 spiro atoms. The number of hydrogen-bond acceptors (Lipinski definition) is 5. The average molecular weight is 209 g/mol. The molecular weight excluding hydrogens is 194 g/mol. The minimum Gasteiger partial charge on any atom is -0.462 e. The van der Waals surface area contributed by atoms with Crippen molar-refractivity contribution in [2.24, 2.45) is 0 Å². The van der Waals surface area contributed by atoms with E-state index in [4.69, 9.17) is 4.74 Å². The first-order chi connectivity index (χ1) is 7.22. The van der Waals surface area contributed by atoms with Crippen molar-refractivity contribution in [2.45, 2.75) is 20.3 Å². The van der Waals surface area contributed by atoms with Gasteiger partial charge in [-0.25, -0.2) is 14.8 Å². The summed E-state index contributed by atoms with van der Waals surface area (Å²) in [6, 6.07) is 0. The lowest BCUT2D eigenvalue weighted by Gasteiger charge is -2.07. The van der Waals surface area contributed by atoms with Crippen LogP contribution in [0.4, 0.5) is 5.95 Å². The zero-order valence-electron chi connectivity index (χ0n) is 9.20. The number of carbonyl (C=O) groups is 1. The quantitative estimate of drug-likeness (QED) is 0.756. The van der Waals surface area contributed by atoms with E-state index < -0.39 is 0 Å². The summed E-state index contributed by atoms with van der Waals surface area (Å²) in [7, 11) is 1.73. The number of anilines is 1. The second-order valence-corrected chi connectivity index (χ2v) is 2.88. The van der Waals surface area contributed by atoms with Crippen molar-refractivity contribution in [3.63, 3.8) is 0 Å². The SMILES string of the molecule is CCOC(=O)c1cnc(NC)nc1CC. The monoisotopic (exact) mass is 209 g/mol. The molecule has 5 heteroatoms. The number of aromatic nitrogens is 2. The van der Waals surface area contributed by atoms with Gasteiger partial charge in [0.2, 0.25) is 5.95 Å². The fourth-order valence-electron chi connectivity index (χ4n) is 1.19. The Labute approximate surface area is 88.9 Å². The smallest absolute Gasteiger partial charge is 0.341 e. The maximum atomic E-state index is 11.5.